The lowest BCUT2D eigenvalue weighted by Crippen LogP contribution is -2.07. The van der Waals surface area contributed by atoms with Crippen LogP contribution in [0.15, 0.2) is 40.9 Å². The first kappa shape index (κ1) is 16.0. The summed E-state index contributed by atoms with van der Waals surface area (Å²) in [6, 6.07) is 9.08. The molecule has 0 heterocycles. The normalized spacial score (nSPS) is 10.1. The van der Waals surface area contributed by atoms with E-state index in [-0.39, 0.29) is 22.7 Å². The summed E-state index contributed by atoms with van der Waals surface area (Å²) in [6.07, 6.45) is 0. The number of nitrogens with zero attached hydrogens (tertiary/aromatic N) is 1. The highest BCUT2D eigenvalue weighted by Gasteiger charge is 2.25. The second-order valence-corrected chi connectivity index (χ2v) is 5.23. The van der Waals surface area contributed by atoms with Gasteiger partial charge in [-0.3, -0.25) is 14.9 Å². The van der Waals surface area contributed by atoms with Gasteiger partial charge in [0.05, 0.1) is 25.2 Å². The third-order valence-corrected chi connectivity index (χ3v) is 3.58. The highest BCUT2D eigenvalue weighted by molar-refractivity contribution is 9.10. The maximum Gasteiger partial charge on any atom is 0.284 e. The first-order valence-electron chi connectivity index (χ1n) is 6.18. The molecule has 0 N–H and O–H groups in total. The number of hydrogen-bond acceptors (Lipinski definition) is 5. The van der Waals surface area contributed by atoms with E-state index in [4.69, 9.17) is 9.47 Å². The molecule has 2 rings (SSSR count). The molecule has 2 aromatic carbocycles. The maximum atomic E-state index is 12.5. The van der Waals surface area contributed by atoms with Crippen molar-refractivity contribution in [1.82, 2.24) is 0 Å². The molecule has 114 valence electrons. The maximum absolute atomic E-state index is 12.5. The van der Waals surface area contributed by atoms with Gasteiger partial charge in [-0.2, -0.15) is 0 Å². The summed E-state index contributed by atoms with van der Waals surface area (Å²) in [7, 11) is 2.77. The van der Waals surface area contributed by atoms with Crippen LogP contribution in [0, 0.1) is 10.1 Å². The van der Waals surface area contributed by atoms with Crippen LogP contribution in [0.3, 0.4) is 0 Å². The van der Waals surface area contributed by atoms with E-state index in [9.17, 15) is 14.9 Å². The van der Waals surface area contributed by atoms with Crippen molar-refractivity contribution in [3.05, 3.63) is 62.1 Å². The molecule has 0 saturated heterocycles. The van der Waals surface area contributed by atoms with Gasteiger partial charge in [-0.1, -0.05) is 15.9 Å². The Morgan fingerprint density at radius 1 is 1.09 bits per heavy atom. The number of nitro groups is 1. The summed E-state index contributed by atoms with van der Waals surface area (Å²) in [6.45, 7) is 0. The number of rotatable bonds is 5. The molecule has 0 atom stereocenters. The van der Waals surface area contributed by atoms with Crippen molar-refractivity contribution < 1.29 is 19.2 Å². The van der Waals surface area contributed by atoms with Gasteiger partial charge in [0.2, 0.25) is 0 Å². The molecule has 0 aliphatic heterocycles. The van der Waals surface area contributed by atoms with Gasteiger partial charge in [0.15, 0.2) is 17.3 Å². The largest absolute Gasteiger partial charge is 0.493 e. The van der Waals surface area contributed by atoms with E-state index >= 15 is 0 Å². The summed E-state index contributed by atoms with van der Waals surface area (Å²) < 4.78 is 11.0. The molecule has 0 aromatic heterocycles. The van der Waals surface area contributed by atoms with Gasteiger partial charge in [0, 0.05) is 16.1 Å². The van der Waals surface area contributed by atoms with Crippen LogP contribution >= 0.6 is 15.9 Å². The number of ether oxygens (including phenoxy) is 2. The van der Waals surface area contributed by atoms with E-state index in [1.54, 1.807) is 24.3 Å². The minimum absolute atomic E-state index is 0.0510. The van der Waals surface area contributed by atoms with Gasteiger partial charge in [0.25, 0.3) is 5.69 Å². The molecule has 0 amide bonds. The van der Waals surface area contributed by atoms with Crippen molar-refractivity contribution in [2.24, 2.45) is 0 Å². The topological polar surface area (TPSA) is 78.7 Å². The smallest absolute Gasteiger partial charge is 0.284 e. The van der Waals surface area contributed by atoms with E-state index in [1.807, 2.05) is 0 Å². The zero-order chi connectivity index (χ0) is 16.3. The molecule has 0 aliphatic carbocycles. The Morgan fingerprint density at radius 3 is 2.14 bits per heavy atom. The standard InChI is InChI=1S/C15H12BrNO5/c1-21-13-7-11(12(17(19)20)8-14(13)22-2)15(18)9-3-5-10(16)6-4-9/h3-8H,1-2H3. The van der Waals surface area contributed by atoms with Crippen LogP contribution in [0.5, 0.6) is 11.5 Å². The van der Waals surface area contributed by atoms with Crippen LogP contribution in [0.1, 0.15) is 15.9 Å². The van der Waals surface area contributed by atoms with E-state index in [1.165, 1.54) is 26.4 Å². The average molecular weight is 366 g/mol. The molecule has 0 radical (unpaired) electrons. The number of carbonyl (C=O) groups excluding carboxylic acids is 1. The summed E-state index contributed by atoms with van der Waals surface area (Å²) in [5.41, 5.74) is -0.0333. The van der Waals surface area contributed by atoms with Crippen LogP contribution in [0.25, 0.3) is 0 Å². The van der Waals surface area contributed by atoms with Crippen molar-refractivity contribution in [3.8, 4) is 11.5 Å². The van der Waals surface area contributed by atoms with Crippen LogP contribution in [-0.4, -0.2) is 24.9 Å². The highest BCUT2D eigenvalue weighted by atomic mass is 79.9. The SMILES string of the molecule is COc1cc(C(=O)c2ccc(Br)cc2)c([N+](=O)[O-])cc1OC. The van der Waals surface area contributed by atoms with Gasteiger partial charge < -0.3 is 9.47 Å². The number of halogens is 1. The molecule has 0 unspecified atom stereocenters. The van der Waals surface area contributed by atoms with E-state index < -0.39 is 10.7 Å². The molecule has 22 heavy (non-hydrogen) atoms. The van der Waals surface area contributed by atoms with Crippen molar-refractivity contribution in [1.29, 1.82) is 0 Å². The van der Waals surface area contributed by atoms with Crippen LogP contribution in [0.4, 0.5) is 5.69 Å². The lowest BCUT2D eigenvalue weighted by atomic mass is 10.0. The first-order valence-corrected chi connectivity index (χ1v) is 6.98. The molecule has 0 bridgehead atoms. The van der Waals surface area contributed by atoms with Crippen molar-refractivity contribution >= 4 is 27.4 Å². The molecule has 7 heteroatoms. The van der Waals surface area contributed by atoms with Gasteiger partial charge in [0.1, 0.15) is 5.56 Å². The number of methoxy groups -OCH3 is 2. The fourth-order valence-corrected chi connectivity index (χ4v) is 2.22. The Kier molecular flexibility index (Phi) is 4.77. The Morgan fingerprint density at radius 2 is 1.64 bits per heavy atom. The average Bonchev–Trinajstić information content (AvgIpc) is 2.53. The zero-order valence-corrected chi connectivity index (χ0v) is 13.4. The van der Waals surface area contributed by atoms with E-state index in [0.29, 0.717) is 5.56 Å². The third-order valence-electron chi connectivity index (χ3n) is 3.05. The summed E-state index contributed by atoms with van der Waals surface area (Å²) in [5, 5.41) is 11.2. The summed E-state index contributed by atoms with van der Waals surface area (Å²) in [4.78, 5) is 23.1. The van der Waals surface area contributed by atoms with Gasteiger partial charge in [-0.25, -0.2) is 0 Å². The van der Waals surface area contributed by atoms with Crippen LogP contribution < -0.4 is 9.47 Å². The fourth-order valence-electron chi connectivity index (χ4n) is 1.96. The Labute approximate surface area is 134 Å². The predicted molar refractivity (Wildman–Crippen MR) is 83.8 cm³/mol. The molecular formula is C15H12BrNO5. The number of carbonyl (C=O) groups is 1. The van der Waals surface area contributed by atoms with Crippen molar-refractivity contribution in [3.63, 3.8) is 0 Å². The zero-order valence-electron chi connectivity index (χ0n) is 11.8. The molecule has 2 aromatic rings. The molecule has 0 spiro atoms. The summed E-state index contributed by atoms with van der Waals surface area (Å²) in [5.74, 6) is -0.00438. The van der Waals surface area contributed by atoms with Crippen LogP contribution in [0.2, 0.25) is 0 Å². The Balaban J connectivity index is 2.59. The lowest BCUT2D eigenvalue weighted by Gasteiger charge is -2.10. The summed E-state index contributed by atoms with van der Waals surface area (Å²) >= 11 is 3.27. The minimum Gasteiger partial charge on any atom is -0.493 e. The lowest BCUT2D eigenvalue weighted by molar-refractivity contribution is -0.385. The van der Waals surface area contributed by atoms with E-state index in [0.717, 1.165) is 4.47 Å². The number of hydrogen-bond donors (Lipinski definition) is 0. The van der Waals surface area contributed by atoms with E-state index in [2.05, 4.69) is 15.9 Å². The van der Waals surface area contributed by atoms with Gasteiger partial charge >= 0.3 is 0 Å². The second kappa shape index (κ2) is 6.57. The number of nitro benzene ring substituents is 1. The Bertz CT molecular complexity index is 727. The third kappa shape index (κ3) is 3.09. The number of ketones is 1. The number of benzene rings is 2. The van der Waals surface area contributed by atoms with Gasteiger partial charge in [-0.15, -0.1) is 0 Å². The van der Waals surface area contributed by atoms with Gasteiger partial charge in [-0.05, 0) is 24.3 Å². The minimum atomic E-state index is -0.617. The van der Waals surface area contributed by atoms with Crippen molar-refractivity contribution in [2.75, 3.05) is 14.2 Å². The Hall–Kier alpha value is -2.41. The fraction of sp³-hybridized carbons (Fsp3) is 0.133. The molecule has 6 nitrogen and oxygen atoms in total. The second-order valence-electron chi connectivity index (χ2n) is 4.32. The predicted octanol–water partition coefficient (Wildman–Crippen LogP) is 3.61. The molecular weight excluding hydrogens is 354 g/mol. The monoisotopic (exact) mass is 365 g/mol. The molecule has 0 fully saturated rings. The first-order chi connectivity index (χ1) is 10.5. The highest BCUT2D eigenvalue weighted by Crippen LogP contribution is 2.35. The van der Waals surface area contributed by atoms with Crippen LogP contribution in [-0.2, 0) is 0 Å². The molecule has 0 aliphatic rings. The quantitative estimate of drug-likeness (QED) is 0.459. The molecule has 0 saturated carbocycles. The van der Waals surface area contributed by atoms with Crippen molar-refractivity contribution in [2.45, 2.75) is 0 Å².